The molecule has 5 atom stereocenters. The number of carboxylic acid groups (broad SMARTS) is 1. The van der Waals surface area contributed by atoms with Crippen LogP contribution in [-0.2, 0) is 4.79 Å². The summed E-state index contributed by atoms with van der Waals surface area (Å²) < 4.78 is 0. The first-order chi connectivity index (χ1) is 9.38. The molecule has 3 unspecified atom stereocenters. The van der Waals surface area contributed by atoms with Gasteiger partial charge in [-0.3, -0.25) is 0 Å². The van der Waals surface area contributed by atoms with E-state index in [1.54, 1.807) is 0 Å². The lowest BCUT2D eigenvalue weighted by molar-refractivity contribution is -0.141. The van der Waals surface area contributed by atoms with Gasteiger partial charge in [-0.25, -0.2) is 9.59 Å². The Morgan fingerprint density at radius 2 is 1.85 bits per heavy atom. The number of β-amino-alcohol motifs (C(OH)–C–C–N with tert-alkyl or cyclic N) is 1. The lowest BCUT2D eigenvalue weighted by atomic mass is 9.79. The predicted molar refractivity (Wildman–Crippen MR) is 73.3 cm³/mol. The summed E-state index contributed by atoms with van der Waals surface area (Å²) in [4.78, 5) is 24.6. The molecule has 0 aromatic carbocycles. The Hall–Kier alpha value is -1.30. The molecule has 2 rings (SSSR count). The smallest absolute Gasteiger partial charge is 0.326 e. The molecule has 2 fully saturated rings. The maximum Gasteiger partial charge on any atom is 0.326 e. The number of aliphatic hydroxyl groups is 1. The number of rotatable bonds is 2. The van der Waals surface area contributed by atoms with E-state index < -0.39 is 18.1 Å². The molecule has 1 aliphatic carbocycles. The average Bonchev–Trinajstić information content (AvgIpc) is 2.76. The number of nitrogens with one attached hydrogen (secondary N) is 1. The number of likely N-dealkylation sites (tertiary alicyclic amines) is 1. The van der Waals surface area contributed by atoms with E-state index >= 15 is 0 Å². The number of hydrogen-bond acceptors (Lipinski definition) is 3. The minimum Gasteiger partial charge on any atom is -0.480 e. The fraction of sp³-hybridized carbons (Fsp3) is 0.857. The van der Waals surface area contributed by atoms with Crippen LogP contribution in [0.15, 0.2) is 0 Å². The monoisotopic (exact) mass is 284 g/mol. The average molecular weight is 284 g/mol. The summed E-state index contributed by atoms with van der Waals surface area (Å²) in [5, 5.41) is 21.6. The highest BCUT2D eigenvalue weighted by Crippen LogP contribution is 2.29. The Kier molecular flexibility index (Phi) is 4.52. The Balaban J connectivity index is 1.92. The molecule has 0 aromatic heterocycles. The quantitative estimate of drug-likeness (QED) is 0.707. The molecule has 0 spiro atoms. The molecule has 0 aromatic rings. The molecule has 0 bridgehead atoms. The molecule has 2 amide bonds. The lowest BCUT2D eigenvalue weighted by Gasteiger charge is -2.34. The van der Waals surface area contributed by atoms with Gasteiger partial charge in [0.05, 0.1) is 6.10 Å². The normalized spacial score (nSPS) is 37.8. The first-order valence-electron chi connectivity index (χ1n) is 7.36. The molecule has 1 saturated heterocycles. The van der Waals surface area contributed by atoms with Crippen LogP contribution in [0.2, 0.25) is 0 Å². The molecule has 3 N–H and O–H groups in total. The second kappa shape index (κ2) is 5.99. The molecule has 114 valence electrons. The predicted octanol–water partition coefficient (Wildman–Crippen LogP) is 1.04. The van der Waals surface area contributed by atoms with Gasteiger partial charge in [0.15, 0.2) is 0 Å². The SMILES string of the molecule is CC1CCC(NC(=O)N2C[C@H](O)C[C@H]2C(=O)O)CC1C. The molecular formula is C14H24N2O4. The highest BCUT2D eigenvalue weighted by molar-refractivity contribution is 5.83. The van der Waals surface area contributed by atoms with Crippen molar-refractivity contribution in [1.82, 2.24) is 10.2 Å². The molecule has 1 aliphatic heterocycles. The van der Waals surface area contributed by atoms with Gasteiger partial charge in [-0.2, -0.15) is 0 Å². The van der Waals surface area contributed by atoms with Gasteiger partial charge in [-0.05, 0) is 31.1 Å². The summed E-state index contributed by atoms with van der Waals surface area (Å²) in [6.45, 7) is 4.50. The summed E-state index contributed by atoms with van der Waals surface area (Å²) in [5.41, 5.74) is 0. The Morgan fingerprint density at radius 1 is 1.15 bits per heavy atom. The van der Waals surface area contributed by atoms with E-state index in [0.717, 1.165) is 19.3 Å². The largest absolute Gasteiger partial charge is 0.480 e. The zero-order valence-electron chi connectivity index (χ0n) is 12.1. The van der Waals surface area contributed by atoms with E-state index in [9.17, 15) is 14.7 Å². The van der Waals surface area contributed by atoms with Crippen LogP contribution < -0.4 is 5.32 Å². The molecule has 2 aliphatic rings. The minimum absolute atomic E-state index is 0.0987. The van der Waals surface area contributed by atoms with Gasteiger partial charge < -0.3 is 20.4 Å². The number of aliphatic carboxylic acids is 1. The zero-order chi connectivity index (χ0) is 14.9. The van der Waals surface area contributed by atoms with Crippen LogP contribution in [0.5, 0.6) is 0 Å². The van der Waals surface area contributed by atoms with Gasteiger partial charge >= 0.3 is 12.0 Å². The third-order valence-electron chi connectivity index (χ3n) is 4.75. The van der Waals surface area contributed by atoms with E-state index in [1.165, 1.54) is 4.90 Å². The molecule has 1 heterocycles. The number of nitrogens with zero attached hydrogens (tertiary/aromatic N) is 1. The van der Waals surface area contributed by atoms with Crippen LogP contribution >= 0.6 is 0 Å². The Bertz CT molecular complexity index is 387. The van der Waals surface area contributed by atoms with E-state index in [-0.39, 0.29) is 25.0 Å². The van der Waals surface area contributed by atoms with Crippen LogP contribution in [0.1, 0.15) is 39.5 Å². The van der Waals surface area contributed by atoms with E-state index in [0.29, 0.717) is 11.8 Å². The minimum atomic E-state index is -1.05. The summed E-state index contributed by atoms with van der Waals surface area (Å²) in [6, 6.07) is -1.16. The Morgan fingerprint density at radius 3 is 2.45 bits per heavy atom. The van der Waals surface area contributed by atoms with Crippen molar-refractivity contribution in [2.24, 2.45) is 11.8 Å². The first kappa shape index (κ1) is 15.1. The van der Waals surface area contributed by atoms with Gasteiger partial charge in [-0.15, -0.1) is 0 Å². The van der Waals surface area contributed by atoms with E-state index in [1.807, 2.05) is 0 Å². The second-order valence-electron chi connectivity index (χ2n) is 6.31. The summed E-state index contributed by atoms with van der Waals surface area (Å²) in [6.07, 6.45) is 2.32. The number of aliphatic hydroxyl groups excluding tert-OH is 1. The number of carbonyl (C=O) groups excluding carboxylic acids is 1. The fourth-order valence-electron chi connectivity index (χ4n) is 3.21. The van der Waals surface area contributed by atoms with Crippen LogP contribution in [0.25, 0.3) is 0 Å². The van der Waals surface area contributed by atoms with Gasteiger partial charge in [0.25, 0.3) is 0 Å². The summed E-state index contributed by atoms with van der Waals surface area (Å²) in [7, 11) is 0. The number of amides is 2. The van der Waals surface area contributed by atoms with Crippen molar-refractivity contribution >= 4 is 12.0 Å². The van der Waals surface area contributed by atoms with Crippen LogP contribution in [0, 0.1) is 11.8 Å². The standard InChI is InChI=1S/C14H24N2O4/c1-8-3-4-10(5-9(8)2)15-14(20)16-7-11(17)6-12(16)13(18)19/h8-12,17H,3-7H2,1-2H3,(H,15,20)(H,18,19)/t8?,9?,10?,11-,12+/m1/s1. The van der Waals surface area contributed by atoms with Crippen LogP contribution in [-0.4, -0.2) is 51.8 Å². The van der Waals surface area contributed by atoms with Crippen molar-refractivity contribution in [3.8, 4) is 0 Å². The van der Waals surface area contributed by atoms with Crippen molar-refractivity contribution in [3.63, 3.8) is 0 Å². The second-order valence-corrected chi connectivity index (χ2v) is 6.31. The van der Waals surface area contributed by atoms with Crippen LogP contribution in [0.4, 0.5) is 4.79 Å². The number of carboxylic acids is 1. The van der Waals surface area contributed by atoms with Crippen molar-refractivity contribution in [1.29, 1.82) is 0 Å². The van der Waals surface area contributed by atoms with Crippen molar-refractivity contribution in [2.75, 3.05) is 6.54 Å². The third kappa shape index (κ3) is 3.23. The summed E-state index contributed by atoms with van der Waals surface area (Å²) >= 11 is 0. The third-order valence-corrected chi connectivity index (χ3v) is 4.75. The number of hydrogen-bond donors (Lipinski definition) is 3. The molecular weight excluding hydrogens is 260 g/mol. The van der Waals surface area contributed by atoms with Gasteiger partial charge in [0, 0.05) is 19.0 Å². The van der Waals surface area contributed by atoms with Gasteiger partial charge in [0.2, 0.25) is 0 Å². The van der Waals surface area contributed by atoms with Gasteiger partial charge in [0.1, 0.15) is 6.04 Å². The zero-order valence-corrected chi connectivity index (χ0v) is 12.1. The first-order valence-corrected chi connectivity index (χ1v) is 7.36. The summed E-state index contributed by atoms with van der Waals surface area (Å²) in [5.74, 6) is 0.180. The van der Waals surface area contributed by atoms with Crippen molar-refractivity contribution in [3.05, 3.63) is 0 Å². The van der Waals surface area contributed by atoms with E-state index in [2.05, 4.69) is 19.2 Å². The lowest BCUT2D eigenvalue weighted by Crippen LogP contribution is -2.50. The topological polar surface area (TPSA) is 89.9 Å². The Labute approximate surface area is 119 Å². The number of carbonyl (C=O) groups is 2. The molecule has 20 heavy (non-hydrogen) atoms. The molecule has 0 radical (unpaired) electrons. The van der Waals surface area contributed by atoms with Crippen molar-refractivity contribution in [2.45, 2.75) is 57.7 Å². The molecule has 6 nitrogen and oxygen atoms in total. The van der Waals surface area contributed by atoms with Crippen LogP contribution in [0.3, 0.4) is 0 Å². The molecule has 6 heteroatoms. The fourth-order valence-corrected chi connectivity index (χ4v) is 3.21. The highest BCUT2D eigenvalue weighted by Gasteiger charge is 2.39. The van der Waals surface area contributed by atoms with E-state index in [4.69, 9.17) is 5.11 Å². The highest BCUT2D eigenvalue weighted by atomic mass is 16.4. The maximum atomic E-state index is 12.2. The maximum absolute atomic E-state index is 12.2. The molecule has 1 saturated carbocycles. The van der Waals surface area contributed by atoms with Gasteiger partial charge in [-0.1, -0.05) is 13.8 Å². The number of urea groups is 1. The van der Waals surface area contributed by atoms with Crippen molar-refractivity contribution < 1.29 is 19.8 Å².